The Kier molecular flexibility index (Phi) is 5.79. The van der Waals surface area contributed by atoms with Crippen LogP contribution in [0.3, 0.4) is 0 Å². The first kappa shape index (κ1) is 15.8. The molecule has 4 nitrogen and oxygen atoms in total. The van der Waals surface area contributed by atoms with Crippen molar-refractivity contribution in [3.63, 3.8) is 0 Å². The summed E-state index contributed by atoms with van der Waals surface area (Å²) in [6, 6.07) is 15.5. The van der Waals surface area contributed by atoms with E-state index in [1.54, 1.807) is 12.1 Å². The molecule has 0 saturated carbocycles. The van der Waals surface area contributed by atoms with Crippen LogP contribution >= 0.6 is 12.2 Å². The molecule has 7 heteroatoms. The molecule has 2 rings (SSSR count). The normalized spacial score (nSPS) is 10.7. The molecule has 0 saturated heterocycles. The van der Waals surface area contributed by atoms with E-state index in [0.717, 1.165) is 11.3 Å². The molecule has 0 aliphatic carbocycles. The molecule has 2 aromatic carbocycles. The highest BCUT2D eigenvalue weighted by Crippen LogP contribution is 2.13. The van der Waals surface area contributed by atoms with Crippen molar-refractivity contribution < 1.29 is 13.5 Å². The highest BCUT2D eigenvalue weighted by atomic mass is 32.1. The van der Waals surface area contributed by atoms with Gasteiger partial charge in [-0.3, -0.25) is 5.43 Å². The van der Waals surface area contributed by atoms with Gasteiger partial charge in [-0.1, -0.05) is 18.2 Å². The Morgan fingerprint density at radius 3 is 2.41 bits per heavy atom. The number of nitrogens with zero attached hydrogens (tertiary/aromatic N) is 1. The van der Waals surface area contributed by atoms with Crippen LogP contribution < -0.4 is 15.5 Å². The fraction of sp³-hybridized carbons (Fsp3) is 0.0667. The largest absolute Gasteiger partial charge is 0.435 e. The number of alkyl halides is 2. The fourth-order valence-corrected chi connectivity index (χ4v) is 1.75. The first-order chi connectivity index (χ1) is 10.6. The summed E-state index contributed by atoms with van der Waals surface area (Å²) in [7, 11) is 0. The quantitative estimate of drug-likeness (QED) is 0.502. The summed E-state index contributed by atoms with van der Waals surface area (Å²) in [6.07, 6.45) is 1.52. The standard InChI is InChI=1S/C15H13F2N3OS/c16-14(17)21-13-8-6-11(7-9-13)10-18-20-15(22)19-12-4-2-1-3-5-12/h1-10,14H,(H2,19,20,22)/b18-10-. The van der Waals surface area contributed by atoms with Gasteiger partial charge in [0.25, 0.3) is 0 Å². The van der Waals surface area contributed by atoms with Gasteiger partial charge >= 0.3 is 6.61 Å². The van der Waals surface area contributed by atoms with Gasteiger partial charge in [0, 0.05) is 5.69 Å². The third-order valence-electron chi connectivity index (χ3n) is 2.52. The van der Waals surface area contributed by atoms with Crippen LogP contribution in [0, 0.1) is 0 Å². The molecule has 2 N–H and O–H groups in total. The zero-order valence-corrected chi connectivity index (χ0v) is 12.2. The van der Waals surface area contributed by atoms with Gasteiger partial charge < -0.3 is 10.1 Å². The summed E-state index contributed by atoms with van der Waals surface area (Å²) >= 11 is 5.08. The maximum absolute atomic E-state index is 12.0. The van der Waals surface area contributed by atoms with E-state index >= 15 is 0 Å². The predicted octanol–water partition coefficient (Wildman–Crippen LogP) is 3.61. The van der Waals surface area contributed by atoms with Crippen molar-refractivity contribution >= 4 is 29.2 Å². The Balaban J connectivity index is 1.83. The van der Waals surface area contributed by atoms with Crippen LogP contribution in [0.1, 0.15) is 5.56 Å². The predicted molar refractivity (Wildman–Crippen MR) is 86.5 cm³/mol. The van der Waals surface area contributed by atoms with E-state index < -0.39 is 6.61 Å². The minimum absolute atomic E-state index is 0.0985. The summed E-state index contributed by atoms with van der Waals surface area (Å²) in [5.74, 6) is 0.0985. The molecule has 22 heavy (non-hydrogen) atoms. The van der Waals surface area contributed by atoms with E-state index in [4.69, 9.17) is 12.2 Å². The maximum Gasteiger partial charge on any atom is 0.387 e. The van der Waals surface area contributed by atoms with Crippen molar-refractivity contribution in [1.82, 2.24) is 5.43 Å². The summed E-state index contributed by atoms with van der Waals surface area (Å²) in [4.78, 5) is 0. The minimum atomic E-state index is -2.83. The maximum atomic E-state index is 12.0. The smallest absolute Gasteiger partial charge is 0.387 e. The zero-order chi connectivity index (χ0) is 15.8. The van der Waals surface area contributed by atoms with Crippen molar-refractivity contribution in [1.29, 1.82) is 0 Å². The van der Waals surface area contributed by atoms with Crippen LogP contribution in [0.2, 0.25) is 0 Å². The SMILES string of the molecule is FC(F)Oc1ccc(/C=N\NC(=S)Nc2ccccc2)cc1. The molecule has 0 amide bonds. The van der Waals surface area contributed by atoms with Crippen LogP contribution in [0.25, 0.3) is 0 Å². The van der Waals surface area contributed by atoms with Crippen LogP contribution in [-0.2, 0) is 0 Å². The van der Waals surface area contributed by atoms with E-state index in [1.807, 2.05) is 30.3 Å². The Morgan fingerprint density at radius 2 is 1.77 bits per heavy atom. The minimum Gasteiger partial charge on any atom is -0.435 e. The number of thiocarbonyl (C=S) groups is 1. The summed E-state index contributed by atoms with van der Waals surface area (Å²) in [5.41, 5.74) is 4.23. The number of nitrogens with one attached hydrogen (secondary N) is 2. The second-order valence-electron chi connectivity index (χ2n) is 4.14. The molecule has 0 bridgehead atoms. The van der Waals surface area contributed by atoms with Gasteiger partial charge in [-0.2, -0.15) is 13.9 Å². The number of para-hydroxylation sites is 1. The molecule has 114 valence electrons. The lowest BCUT2D eigenvalue weighted by atomic mass is 10.2. The monoisotopic (exact) mass is 321 g/mol. The molecular formula is C15H13F2N3OS. The van der Waals surface area contributed by atoms with E-state index in [9.17, 15) is 8.78 Å². The van der Waals surface area contributed by atoms with Crippen LogP contribution in [-0.4, -0.2) is 17.9 Å². The molecule has 0 spiro atoms. The second-order valence-corrected chi connectivity index (χ2v) is 4.55. The number of ether oxygens (including phenoxy) is 1. The Hall–Kier alpha value is -2.54. The van der Waals surface area contributed by atoms with Gasteiger partial charge in [-0.25, -0.2) is 0 Å². The highest BCUT2D eigenvalue weighted by Gasteiger charge is 2.02. The number of halogens is 2. The topological polar surface area (TPSA) is 45.6 Å². The molecular weight excluding hydrogens is 308 g/mol. The van der Waals surface area contributed by atoms with Gasteiger partial charge in [-0.15, -0.1) is 0 Å². The Morgan fingerprint density at radius 1 is 1.09 bits per heavy atom. The Labute approximate surface area is 131 Å². The lowest BCUT2D eigenvalue weighted by Gasteiger charge is -2.06. The van der Waals surface area contributed by atoms with Gasteiger partial charge in [0.1, 0.15) is 5.75 Å². The van der Waals surface area contributed by atoms with Crippen molar-refractivity contribution in [3.8, 4) is 5.75 Å². The lowest BCUT2D eigenvalue weighted by molar-refractivity contribution is -0.0498. The average Bonchev–Trinajstić information content (AvgIpc) is 2.49. The van der Waals surface area contributed by atoms with Crippen molar-refractivity contribution in [2.45, 2.75) is 6.61 Å². The molecule has 0 aliphatic rings. The molecule has 2 aromatic rings. The van der Waals surface area contributed by atoms with Crippen LogP contribution in [0.4, 0.5) is 14.5 Å². The number of hydrogen-bond acceptors (Lipinski definition) is 3. The molecule has 0 radical (unpaired) electrons. The van der Waals surface area contributed by atoms with Gasteiger partial charge in [0.05, 0.1) is 6.21 Å². The third kappa shape index (κ3) is 5.45. The van der Waals surface area contributed by atoms with Crippen LogP contribution in [0.5, 0.6) is 5.75 Å². The van der Waals surface area contributed by atoms with E-state index in [2.05, 4.69) is 20.6 Å². The summed E-state index contributed by atoms with van der Waals surface area (Å²) in [6.45, 7) is -2.83. The molecule has 0 aliphatic heterocycles. The Bertz CT molecular complexity index is 633. The lowest BCUT2D eigenvalue weighted by Crippen LogP contribution is -2.23. The van der Waals surface area contributed by atoms with Crippen molar-refractivity contribution in [3.05, 3.63) is 60.2 Å². The summed E-state index contributed by atoms with van der Waals surface area (Å²) < 4.78 is 28.3. The number of rotatable bonds is 5. The third-order valence-corrected chi connectivity index (χ3v) is 2.71. The van der Waals surface area contributed by atoms with E-state index in [-0.39, 0.29) is 5.75 Å². The van der Waals surface area contributed by atoms with E-state index in [1.165, 1.54) is 18.3 Å². The van der Waals surface area contributed by atoms with Crippen molar-refractivity contribution in [2.75, 3.05) is 5.32 Å². The number of anilines is 1. The van der Waals surface area contributed by atoms with Crippen molar-refractivity contribution in [2.24, 2.45) is 5.10 Å². The molecule has 0 unspecified atom stereocenters. The first-order valence-electron chi connectivity index (χ1n) is 6.33. The number of hydrogen-bond donors (Lipinski definition) is 2. The van der Waals surface area contributed by atoms with Gasteiger partial charge in [0.15, 0.2) is 5.11 Å². The fourth-order valence-electron chi connectivity index (χ4n) is 1.58. The van der Waals surface area contributed by atoms with E-state index in [0.29, 0.717) is 5.11 Å². The first-order valence-corrected chi connectivity index (χ1v) is 6.74. The molecule has 0 aromatic heterocycles. The average molecular weight is 321 g/mol. The zero-order valence-electron chi connectivity index (χ0n) is 11.4. The van der Waals surface area contributed by atoms with Gasteiger partial charge in [-0.05, 0) is 54.2 Å². The van der Waals surface area contributed by atoms with Gasteiger partial charge in [0.2, 0.25) is 0 Å². The number of hydrazone groups is 1. The highest BCUT2D eigenvalue weighted by molar-refractivity contribution is 7.80. The molecule has 0 heterocycles. The second kappa shape index (κ2) is 8.04. The molecule has 0 fully saturated rings. The number of benzene rings is 2. The summed E-state index contributed by atoms with van der Waals surface area (Å²) in [5, 5.41) is 7.27. The van der Waals surface area contributed by atoms with Crippen LogP contribution in [0.15, 0.2) is 59.7 Å². The molecule has 0 atom stereocenters.